The van der Waals surface area contributed by atoms with E-state index in [0.29, 0.717) is 11.6 Å². The second-order valence-corrected chi connectivity index (χ2v) is 4.55. The summed E-state index contributed by atoms with van der Waals surface area (Å²) in [4.78, 5) is 16.4. The summed E-state index contributed by atoms with van der Waals surface area (Å²) in [7, 11) is 1.52. The molecule has 1 N–H and O–H groups in total. The van der Waals surface area contributed by atoms with Gasteiger partial charge in [-0.05, 0) is 17.5 Å². The number of nitrogens with one attached hydrogen (secondary N) is 1. The number of anilines is 1. The minimum atomic E-state index is -0.259. The lowest BCUT2D eigenvalue weighted by Crippen LogP contribution is -2.14. The van der Waals surface area contributed by atoms with Crippen molar-refractivity contribution in [1.29, 1.82) is 0 Å². The summed E-state index contributed by atoms with van der Waals surface area (Å²) < 4.78 is 5.03. The number of carbonyl (C=O) groups excluding carboxylic acids is 1. The maximum atomic E-state index is 12.3. The SMILES string of the molecule is COc1cccc(C(=O)Nc2cccc3ccccc23)n1. The van der Waals surface area contributed by atoms with Gasteiger partial charge < -0.3 is 10.1 Å². The van der Waals surface area contributed by atoms with Crippen LogP contribution in [0.15, 0.2) is 60.7 Å². The number of pyridine rings is 1. The Morgan fingerprint density at radius 2 is 1.76 bits per heavy atom. The highest BCUT2D eigenvalue weighted by atomic mass is 16.5. The minimum Gasteiger partial charge on any atom is -0.481 e. The van der Waals surface area contributed by atoms with Crippen LogP contribution in [0.25, 0.3) is 10.8 Å². The Kier molecular flexibility index (Phi) is 3.51. The van der Waals surface area contributed by atoms with Gasteiger partial charge in [-0.3, -0.25) is 4.79 Å². The minimum absolute atomic E-state index is 0.259. The molecule has 3 aromatic rings. The summed E-state index contributed by atoms with van der Waals surface area (Å²) in [5, 5.41) is 4.97. The number of carbonyl (C=O) groups is 1. The van der Waals surface area contributed by atoms with Gasteiger partial charge in [-0.25, -0.2) is 4.98 Å². The molecule has 0 atom stereocenters. The average Bonchev–Trinajstić information content (AvgIpc) is 2.55. The molecule has 1 heterocycles. The first-order valence-electron chi connectivity index (χ1n) is 6.58. The molecule has 0 saturated carbocycles. The number of benzene rings is 2. The standard InChI is InChI=1S/C17H14N2O2/c1-21-16-11-5-10-15(18-16)17(20)19-14-9-4-7-12-6-2-3-8-13(12)14/h2-11H,1H3,(H,19,20). The summed E-state index contributed by atoms with van der Waals surface area (Å²) in [5.41, 5.74) is 1.09. The maximum Gasteiger partial charge on any atom is 0.274 e. The molecular formula is C17H14N2O2. The van der Waals surface area contributed by atoms with Crippen LogP contribution in [0.3, 0.4) is 0 Å². The highest BCUT2D eigenvalue weighted by molar-refractivity contribution is 6.08. The molecule has 1 amide bonds. The van der Waals surface area contributed by atoms with Crippen molar-refractivity contribution in [3.8, 4) is 5.88 Å². The Labute approximate surface area is 122 Å². The summed E-state index contributed by atoms with van der Waals surface area (Å²) in [6.45, 7) is 0. The molecule has 2 aromatic carbocycles. The van der Waals surface area contributed by atoms with E-state index in [-0.39, 0.29) is 5.91 Å². The highest BCUT2D eigenvalue weighted by Crippen LogP contribution is 2.23. The van der Waals surface area contributed by atoms with Crippen molar-refractivity contribution in [3.05, 3.63) is 66.4 Å². The van der Waals surface area contributed by atoms with E-state index in [0.717, 1.165) is 16.5 Å². The number of aromatic nitrogens is 1. The van der Waals surface area contributed by atoms with Crippen LogP contribution >= 0.6 is 0 Å². The number of methoxy groups -OCH3 is 1. The number of fused-ring (bicyclic) bond motifs is 1. The van der Waals surface area contributed by atoms with Crippen LogP contribution in [0.1, 0.15) is 10.5 Å². The Bertz CT molecular complexity index is 794. The summed E-state index contributed by atoms with van der Waals surface area (Å²) in [6.07, 6.45) is 0. The molecule has 0 spiro atoms. The van der Waals surface area contributed by atoms with Gasteiger partial charge in [0.05, 0.1) is 7.11 Å². The van der Waals surface area contributed by atoms with Crippen LogP contribution in [0, 0.1) is 0 Å². The molecule has 21 heavy (non-hydrogen) atoms. The van der Waals surface area contributed by atoms with E-state index in [1.54, 1.807) is 18.2 Å². The van der Waals surface area contributed by atoms with Gasteiger partial charge in [-0.2, -0.15) is 0 Å². The predicted octanol–water partition coefficient (Wildman–Crippen LogP) is 3.50. The summed E-state index contributed by atoms with van der Waals surface area (Å²) in [6, 6.07) is 18.8. The van der Waals surface area contributed by atoms with Gasteiger partial charge in [-0.1, -0.05) is 42.5 Å². The van der Waals surface area contributed by atoms with Crippen molar-refractivity contribution >= 4 is 22.4 Å². The lowest BCUT2D eigenvalue weighted by molar-refractivity contribution is 0.102. The fourth-order valence-electron chi connectivity index (χ4n) is 2.18. The molecule has 0 radical (unpaired) electrons. The Morgan fingerprint density at radius 1 is 1.00 bits per heavy atom. The molecule has 0 bridgehead atoms. The number of hydrogen-bond donors (Lipinski definition) is 1. The second kappa shape index (κ2) is 5.63. The number of rotatable bonds is 3. The Balaban J connectivity index is 1.93. The largest absolute Gasteiger partial charge is 0.481 e. The van der Waals surface area contributed by atoms with Crippen LogP contribution in [0.4, 0.5) is 5.69 Å². The first kappa shape index (κ1) is 13.1. The zero-order valence-electron chi connectivity index (χ0n) is 11.5. The van der Waals surface area contributed by atoms with Gasteiger partial charge in [0, 0.05) is 17.1 Å². The zero-order valence-corrected chi connectivity index (χ0v) is 11.5. The van der Waals surface area contributed by atoms with E-state index >= 15 is 0 Å². The van der Waals surface area contributed by atoms with E-state index < -0.39 is 0 Å². The molecule has 0 fully saturated rings. The van der Waals surface area contributed by atoms with Crippen LogP contribution in [0.2, 0.25) is 0 Å². The second-order valence-electron chi connectivity index (χ2n) is 4.55. The normalized spacial score (nSPS) is 10.3. The first-order chi connectivity index (χ1) is 10.3. The summed E-state index contributed by atoms with van der Waals surface area (Å²) >= 11 is 0. The van der Waals surface area contributed by atoms with E-state index in [2.05, 4.69) is 10.3 Å². The molecule has 4 nitrogen and oxygen atoms in total. The predicted molar refractivity (Wildman–Crippen MR) is 82.7 cm³/mol. The number of ether oxygens (including phenoxy) is 1. The maximum absolute atomic E-state index is 12.3. The van der Waals surface area contributed by atoms with E-state index in [4.69, 9.17) is 4.74 Å². The first-order valence-corrected chi connectivity index (χ1v) is 6.58. The van der Waals surface area contributed by atoms with Gasteiger partial charge in [0.2, 0.25) is 5.88 Å². The highest BCUT2D eigenvalue weighted by Gasteiger charge is 2.10. The molecule has 0 saturated heterocycles. The average molecular weight is 278 g/mol. The zero-order chi connectivity index (χ0) is 14.7. The monoisotopic (exact) mass is 278 g/mol. The smallest absolute Gasteiger partial charge is 0.274 e. The van der Waals surface area contributed by atoms with Crippen LogP contribution in [-0.4, -0.2) is 18.0 Å². The third-order valence-electron chi connectivity index (χ3n) is 3.20. The van der Waals surface area contributed by atoms with Crippen molar-refractivity contribution in [2.75, 3.05) is 12.4 Å². The van der Waals surface area contributed by atoms with Gasteiger partial charge in [0.25, 0.3) is 5.91 Å². The number of hydrogen-bond acceptors (Lipinski definition) is 3. The topological polar surface area (TPSA) is 51.2 Å². The molecule has 104 valence electrons. The van der Waals surface area contributed by atoms with E-state index in [9.17, 15) is 4.79 Å². The third-order valence-corrected chi connectivity index (χ3v) is 3.20. The molecule has 1 aromatic heterocycles. The fraction of sp³-hybridized carbons (Fsp3) is 0.0588. The molecule has 0 aliphatic carbocycles. The molecule has 0 unspecified atom stereocenters. The van der Waals surface area contributed by atoms with E-state index in [1.165, 1.54) is 7.11 Å². The van der Waals surface area contributed by atoms with Gasteiger partial charge in [0.15, 0.2) is 0 Å². The van der Waals surface area contributed by atoms with Crippen LogP contribution in [0.5, 0.6) is 5.88 Å². The van der Waals surface area contributed by atoms with Gasteiger partial charge >= 0.3 is 0 Å². The summed E-state index contributed by atoms with van der Waals surface area (Å²) in [5.74, 6) is 0.158. The Morgan fingerprint density at radius 3 is 2.62 bits per heavy atom. The van der Waals surface area contributed by atoms with Crippen molar-refractivity contribution in [1.82, 2.24) is 4.98 Å². The quantitative estimate of drug-likeness (QED) is 0.797. The molecule has 3 rings (SSSR count). The van der Waals surface area contributed by atoms with Crippen molar-refractivity contribution in [2.24, 2.45) is 0 Å². The molecule has 0 aliphatic heterocycles. The van der Waals surface area contributed by atoms with Crippen molar-refractivity contribution in [2.45, 2.75) is 0 Å². The van der Waals surface area contributed by atoms with Crippen LogP contribution < -0.4 is 10.1 Å². The fourth-order valence-corrected chi connectivity index (χ4v) is 2.18. The molecule has 0 aliphatic rings. The number of amides is 1. The lowest BCUT2D eigenvalue weighted by atomic mass is 10.1. The van der Waals surface area contributed by atoms with Gasteiger partial charge in [0.1, 0.15) is 5.69 Å². The van der Waals surface area contributed by atoms with Crippen molar-refractivity contribution < 1.29 is 9.53 Å². The lowest BCUT2D eigenvalue weighted by Gasteiger charge is -2.08. The Hall–Kier alpha value is -2.88. The number of nitrogens with zero attached hydrogens (tertiary/aromatic N) is 1. The van der Waals surface area contributed by atoms with E-state index in [1.807, 2.05) is 42.5 Å². The van der Waals surface area contributed by atoms with Crippen molar-refractivity contribution in [3.63, 3.8) is 0 Å². The van der Waals surface area contributed by atoms with Gasteiger partial charge in [-0.15, -0.1) is 0 Å². The van der Waals surface area contributed by atoms with Crippen LogP contribution in [-0.2, 0) is 0 Å². The molecule has 4 heteroatoms. The third kappa shape index (κ3) is 2.69. The molecular weight excluding hydrogens is 264 g/mol.